The van der Waals surface area contributed by atoms with Gasteiger partial charge in [0.2, 0.25) is 5.91 Å². The maximum atomic E-state index is 12.6. The van der Waals surface area contributed by atoms with Crippen LogP contribution in [0.25, 0.3) is 0 Å². The normalized spacial score (nSPS) is 17.5. The highest BCUT2D eigenvalue weighted by atomic mass is 32.1. The molecule has 0 saturated carbocycles. The Balaban J connectivity index is 1.61. The smallest absolute Gasteiger partial charge is 0.265 e. The fourth-order valence-electron chi connectivity index (χ4n) is 3.32. The predicted octanol–water partition coefficient (Wildman–Crippen LogP) is 2.98. The van der Waals surface area contributed by atoms with Gasteiger partial charge in [-0.2, -0.15) is 0 Å². The first-order valence-corrected chi connectivity index (χ1v) is 10.3. The minimum Gasteiger partial charge on any atom is -0.497 e. The van der Waals surface area contributed by atoms with E-state index in [-0.39, 0.29) is 23.8 Å². The highest BCUT2D eigenvalue weighted by molar-refractivity contribution is 7.08. The lowest BCUT2D eigenvalue weighted by Gasteiger charge is -2.21. The number of rotatable bonds is 6. The fourth-order valence-corrected chi connectivity index (χ4v) is 4.05. The summed E-state index contributed by atoms with van der Waals surface area (Å²) in [4.78, 5) is 27.6. The molecule has 1 aromatic carbocycles. The molecule has 7 nitrogen and oxygen atoms in total. The third kappa shape index (κ3) is 4.86. The molecular weight excluding hydrogens is 376 g/mol. The Labute approximate surface area is 169 Å². The molecule has 0 bridgehead atoms. The van der Waals surface area contributed by atoms with Gasteiger partial charge in [0.05, 0.1) is 12.8 Å². The summed E-state index contributed by atoms with van der Waals surface area (Å²) in [5, 5.41) is 7.14. The van der Waals surface area contributed by atoms with Crippen LogP contribution in [-0.4, -0.2) is 46.0 Å². The van der Waals surface area contributed by atoms with Crippen LogP contribution in [0.4, 0.5) is 0 Å². The largest absolute Gasteiger partial charge is 0.497 e. The van der Waals surface area contributed by atoms with Gasteiger partial charge in [0, 0.05) is 25.6 Å². The number of aromatic nitrogens is 2. The monoisotopic (exact) mass is 402 g/mol. The second kappa shape index (κ2) is 9.14. The van der Waals surface area contributed by atoms with E-state index < -0.39 is 0 Å². The summed E-state index contributed by atoms with van der Waals surface area (Å²) in [7, 11) is 1.63. The summed E-state index contributed by atoms with van der Waals surface area (Å²) in [6, 6.07) is 7.72. The average molecular weight is 403 g/mol. The van der Waals surface area contributed by atoms with E-state index in [2.05, 4.69) is 14.9 Å². The van der Waals surface area contributed by atoms with Crippen molar-refractivity contribution in [3.8, 4) is 5.75 Å². The Kier molecular flexibility index (Phi) is 6.61. The van der Waals surface area contributed by atoms with Gasteiger partial charge < -0.3 is 15.0 Å². The van der Waals surface area contributed by atoms with E-state index in [1.165, 1.54) is 0 Å². The van der Waals surface area contributed by atoms with E-state index >= 15 is 0 Å². The predicted molar refractivity (Wildman–Crippen MR) is 108 cm³/mol. The van der Waals surface area contributed by atoms with Crippen LogP contribution in [0.5, 0.6) is 5.75 Å². The first kappa shape index (κ1) is 20.3. The minimum absolute atomic E-state index is 0.0335. The van der Waals surface area contributed by atoms with Crippen LogP contribution in [0, 0.1) is 0 Å². The maximum absolute atomic E-state index is 12.6. The number of nitrogens with zero attached hydrogens (tertiary/aromatic N) is 3. The molecule has 1 aliphatic heterocycles. The number of carbonyl (C=O) groups excluding carboxylic acids is 2. The van der Waals surface area contributed by atoms with Gasteiger partial charge in [0.15, 0.2) is 0 Å². The number of nitrogens with one attached hydrogen (secondary N) is 1. The quantitative estimate of drug-likeness (QED) is 0.803. The average Bonchev–Trinajstić information content (AvgIpc) is 3.13. The number of hydrogen-bond donors (Lipinski definition) is 1. The molecule has 0 aliphatic carbocycles. The summed E-state index contributed by atoms with van der Waals surface area (Å²) < 4.78 is 9.18. The molecule has 1 saturated heterocycles. The molecule has 2 heterocycles. The van der Waals surface area contributed by atoms with E-state index in [4.69, 9.17) is 4.74 Å². The number of carbonyl (C=O) groups is 2. The summed E-state index contributed by atoms with van der Waals surface area (Å²) in [6.45, 7) is 5.15. The van der Waals surface area contributed by atoms with Crippen LogP contribution in [0.1, 0.15) is 60.0 Å². The van der Waals surface area contributed by atoms with E-state index in [1.54, 1.807) is 7.11 Å². The van der Waals surface area contributed by atoms with Crippen LogP contribution in [-0.2, 0) is 11.3 Å². The Morgan fingerprint density at radius 2 is 2.21 bits per heavy atom. The summed E-state index contributed by atoms with van der Waals surface area (Å²) in [5.74, 6) is 0.900. The van der Waals surface area contributed by atoms with E-state index in [0.29, 0.717) is 30.8 Å². The number of likely N-dealkylation sites (tertiary alicyclic amines) is 1. The Morgan fingerprint density at radius 3 is 2.96 bits per heavy atom. The number of ether oxygens (including phenoxy) is 1. The molecule has 2 aromatic rings. The Hall–Kier alpha value is -2.48. The molecule has 0 radical (unpaired) electrons. The number of benzene rings is 1. The molecule has 1 N–H and O–H groups in total. The van der Waals surface area contributed by atoms with Crippen molar-refractivity contribution in [3.05, 3.63) is 40.4 Å². The molecule has 8 heteroatoms. The van der Waals surface area contributed by atoms with Crippen molar-refractivity contribution in [3.63, 3.8) is 0 Å². The zero-order chi connectivity index (χ0) is 20.1. The van der Waals surface area contributed by atoms with Gasteiger partial charge in [-0.05, 0) is 48.0 Å². The van der Waals surface area contributed by atoms with Crippen LogP contribution >= 0.6 is 11.5 Å². The fraction of sp³-hybridized carbons (Fsp3) is 0.500. The first-order chi connectivity index (χ1) is 13.5. The van der Waals surface area contributed by atoms with Crippen molar-refractivity contribution in [2.75, 3.05) is 13.7 Å². The molecule has 150 valence electrons. The first-order valence-electron chi connectivity index (χ1n) is 9.51. The SMILES string of the molecule is COc1cccc(CN2CCC(NC(=O)c3snnc3C(C)C)CCC2=O)c1. The number of amides is 2. The van der Waals surface area contributed by atoms with Crippen LogP contribution in [0.3, 0.4) is 0 Å². The van der Waals surface area contributed by atoms with Gasteiger partial charge in [0.1, 0.15) is 10.6 Å². The highest BCUT2D eigenvalue weighted by Gasteiger charge is 2.26. The highest BCUT2D eigenvalue weighted by Crippen LogP contribution is 2.22. The van der Waals surface area contributed by atoms with Crippen molar-refractivity contribution in [1.29, 1.82) is 0 Å². The second-order valence-corrected chi connectivity index (χ2v) is 8.06. The zero-order valence-corrected chi connectivity index (χ0v) is 17.3. The lowest BCUT2D eigenvalue weighted by molar-refractivity contribution is -0.131. The molecule has 1 aromatic heterocycles. The summed E-state index contributed by atoms with van der Waals surface area (Å²) in [6.07, 6.45) is 1.79. The van der Waals surface area contributed by atoms with Crippen molar-refractivity contribution in [1.82, 2.24) is 19.8 Å². The lowest BCUT2D eigenvalue weighted by atomic mass is 10.1. The van der Waals surface area contributed by atoms with E-state index in [9.17, 15) is 9.59 Å². The minimum atomic E-state index is -0.141. The van der Waals surface area contributed by atoms with Crippen LogP contribution < -0.4 is 10.1 Å². The third-order valence-electron chi connectivity index (χ3n) is 4.92. The van der Waals surface area contributed by atoms with Crippen LogP contribution in [0.2, 0.25) is 0 Å². The van der Waals surface area contributed by atoms with Gasteiger partial charge >= 0.3 is 0 Å². The van der Waals surface area contributed by atoms with Crippen molar-refractivity contribution in [2.24, 2.45) is 0 Å². The molecule has 1 atom stereocenters. The van der Waals surface area contributed by atoms with Crippen molar-refractivity contribution < 1.29 is 14.3 Å². The van der Waals surface area contributed by atoms with Gasteiger partial charge in [-0.3, -0.25) is 9.59 Å². The summed E-state index contributed by atoms with van der Waals surface area (Å²) in [5.41, 5.74) is 1.76. The van der Waals surface area contributed by atoms with E-state index in [1.807, 2.05) is 43.0 Å². The topological polar surface area (TPSA) is 84.4 Å². The lowest BCUT2D eigenvalue weighted by Crippen LogP contribution is -2.36. The molecule has 2 amide bonds. The molecule has 1 aliphatic rings. The summed E-state index contributed by atoms with van der Waals surface area (Å²) >= 11 is 1.12. The molecule has 0 spiro atoms. The zero-order valence-electron chi connectivity index (χ0n) is 16.5. The van der Waals surface area contributed by atoms with Gasteiger partial charge in [-0.15, -0.1) is 5.10 Å². The number of methoxy groups -OCH3 is 1. The molecule has 1 unspecified atom stereocenters. The Morgan fingerprint density at radius 1 is 1.39 bits per heavy atom. The van der Waals surface area contributed by atoms with Gasteiger partial charge in [0.25, 0.3) is 5.91 Å². The Bertz CT molecular complexity index is 836. The van der Waals surface area contributed by atoms with Gasteiger partial charge in [-0.1, -0.05) is 30.5 Å². The van der Waals surface area contributed by atoms with Crippen molar-refractivity contribution >= 4 is 23.3 Å². The number of hydrogen-bond acceptors (Lipinski definition) is 6. The molecule has 1 fully saturated rings. The molecule has 28 heavy (non-hydrogen) atoms. The standard InChI is InChI=1S/C20H26N4O3S/c1-13(2)18-19(28-23-22-18)20(26)21-15-7-8-17(25)24(10-9-15)12-14-5-4-6-16(11-14)27-3/h4-6,11,13,15H,7-10,12H2,1-3H3,(H,21,26). The van der Waals surface area contributed by atoms with Crippen molar-refractivity contribution in [2.45, 2.75) is 51.6 Å². The molecular formula is C20H26N4O3S. The molecule has 3 rings (SSSR count). The maximum Gasteiger partial charge on any atom is 0.265 e. The van der Waals surface area contributed by atoms with E-state index in [0.717, 1.165) is 35.0 Å². The second-order valence-electron chi connectivity index (χ2n) is 7.31. The third-order valence-corrected chi connectivity index (χ3v) is 5.66. The van der Waals surface area contributed by atoms with Gasteiger partial charge in [-0.25, -0.2) is 0 Å². The van der Waals surface area contributed by atoms with Crippen LogP contribution in [0.15, 0.2) is 24.3 Å².